The van der Waals surface area contributed by atoms with Crippen molar-refractivity contribution in [2.75, 3.05) is 26.2 Å². The van der Waals surface area contributed by atoms with Gasteiger partial charge >= 0.3 is 6.03 Å². The highest BCUT2D eigenvalue weighted by Gasteiger charge is 2.54. The number of imide groups is 1. The lowest BCUT2D eigenvalue weighted by molar-refractivity contribution is -0.134. The van der Waals surface area contributed by atoms with Gasteiger partial charge < -0.3 is 9.73 Å². The van der Waals surface area contributed by atoms with Crippen molar-refractivity contribution in [3.63, 3.8) is 0 Å². The third-order valence-corrected chi connectivity index (χ3v) is 7.85. The summed E-state index contributed by atoms with van der Waals surface area (Å²) >= 11 is 1.58. The molecule has 8 heteroatoms. The van der Waals surface area contributed by atoms with E-state index in [1.807, 2.05) is 31.5 Å². The molecule has 2 fully saturated rings. The second kappa shape index (κ2) is 9.58. The second-order valence-electron chi connectivity index (χ2n) is 8.88. The zero-order chi connectivity index (χ0) is 22.7. The molecule has 0 bridgehead atoms. The van der Waals surface area contributed by atoms with Gasteiger partial charge in [0.1, 0.15) is 11.3 Å². The van der Waals surface area contributed by atoms with E-state index in [1.54, 1.807) is 17.6 Å². The van der Waals surface area contributed by atoms with Crippen molar-refractivity contribution in [3.8, 4) is 0 Å². The smallest absolute Gasteiger partial charge is 0.325 e. The molecule has 3 amide bonds. The molecule has 2 aromatic rings. The third-order valence-electron chi connectivity index (χ3n) is 6.86. The minimum atomic E-state index is -0.773. The van der Waals surface area contributed by atoms with Gasteiger partial charge in [0, 0.05) is 24.4 Å². The Kier molecular flexibility index (Phi) is 6.81. The number of rotatable bonds is 8. The van der Waals surface area contributed by atoms with E-state index in [1.165, 1.54) is 10.5 Å². The molecular weight excluding hydrogens is 424 g/mol. The summed E-state index contributed by atoms with van der Waals surface area (Å²) in [6.45, 7) is 9.21. The lowest BCUT2D eigenvalue weighted by Gasteiger charge is -2.40. The van der Waals surface area contributed by atoms with Crippen LogP contribution < -0.4 is 5.32 Å². The summed E-state index contributed by atoms with van der Waals surface area (Å²) in [6, 6.07) is 3.60. The number of thiazole rings is 1. The number of urea groups is 1. The molecule has 1 atom stereocenters. The quantitative estimate of drug-likeness (QED) is 0.605. The van der Waals surface area contributed by atoms with E-state index in [2.05, 4.69) is 28.2 Å². The van der Waals surface area contributed by atoms with E-state index in [0.717, 1.165) is 48.8 Å². The molecule has 1 unspecified atom stereocenters. The summed E-state index contributed by atoms with van der Waals surface area (Å²) in [5.41, 5.74) is 3.27. The largest absolute Gasteiger partial charge is 0.465 e. The Hall–Kier alpha value is -2.45. The van der Waals surface area contributed by atoms with Crippen molar-refractivity contribution >= 4 is 29.4 Å². The fourth-order valence-electron chi connectivity index (χ4n) is 5.03. The normalized spacial score (nSPS) is 23.2. The predicted molar refractivity (Wildman–Crippen MR) is 125 cm³/mol. The number of furan rings is 1. The molecule has 0 aromatic carbocycles. The summed E-state index contributed by atoms with van der Waals surface area (Å²) < 4.78 is 5.41. The Morgan fingerprint density at radius 3 is 2.78 bits per heavy atom. The van der Waals surface area contributed by atoms with E-state index >= 15 is 0 Å². The first-order chi connectivity index (χ1) is 15.4. The number of nitrogens with zero attached hydrogens (tertiary/aromatic N) is 3. The molecule has 4 rings (SSSR count). The van der Waals surface area contributed by atoms with Crippen LogP contribution in [-0.4, -0.2) is 58.4 Å². The first-order valence-corrected chi connectivity index (χ1v) is 12.3. The highest BCUT2D eigenvalue weighted by Crippen LogP contribution is 2.36. The van der Waals surface area contributed by atoms with E-state index in [0.29, 0.717) is 19.4 Å². The van der Waals surface area contributed by atoms with Crippen molar-refractivity contribution in [2.45, 2.75) is 52.0 Å². The number of hydrogen-bond acceptors (Lipinski definition) is 6. The molecule has 0 radical (unpaired) electrons. The number of nitrogens with one attached hydrogen (secondary N) is 1. The van der Waals surface area contributed by atoms with Crippen LogP contribution in [-0.2, 0) is 11.2 Å². The maximum atomic E-state index is 13.4. The SMILES string of the molecule is CCC1(C2CCN(C/C(C)=C/c3ccco3)CC2)NC(=O)N(CCc2scnc2C)C1=O. The molecule has 0 spiro atoms. The monoisotopic (exact) mass is 456 g/mol. The molecule has 0 aliphatic carbocycles. The number of aromatic nitrogens is 1. The third kappa shape index (κ3) is 4.52. The fourth-order valence-corrected chi connectivity index (χ4v) is 5.80. The number of likely N-dealkylation sites (tertiary alicyclic amines) is 1. The lowest BCUT2D eigenvalue weighted by atomic mass is 9.75. The molecule has 7 nitrogen and oxygen atoms in total. The van der Waals surface area contributed by atoms with Crippen LogP contribution in [0.3, 0.4) is 0 Å². The Morgan fingerprint density at radius 1 is 1.38 bits per heavy atom. The number of amides is 3. The first-order valence-electron chi connectivity index (χ1n) is 11.4. The van der Waals surface area contributed by atoms with E-state index in [4.69, 9.17) is 4.42 Å². The van der Waals surface area contributed by atoms with Crippen LogP contribution in [0.2, 0.25) is 0 Å². The Morgan fingerprint density at radius 2 is 2.16 bits per heavy atom. The van der Waals surface area contributed by atoms with Gasteiger partial charge in [-0.05, 0) is 70.3 Å². The zero-order valence-corrected chi connectivity index (χ0v) is 19.9. The molecule has 2 aliphatic heterocycles. The second-order valence-corrected chi connectivity index (χ2v) is 9.82. The van der Waals surface area contributed by atoms with Gasteiger partial charge in [-0.1, -0.05) is 12.5 Å². The molecule has 0 saturated carbocycles. The average Bonchev–Trinajstić information content (AvgIpc) is 3.49. The van der Waals surface area contributed by atoms with Gasteiger partial charge in [-0.2, -0.15) is 0 Å². The standard InChI is InChI=1S/C24H32N4O3S/c1-4-24(22(29)28(23(30)26-24)12-9-21-18(3)25-16-32-21)19-7-10-27(11-8-19)15-17(2)14-20-6-5-13-31-20/h5-6,13-14,16,19H,4,7-12,15H2,1-3H3,(H,26,30)/b17-14+. The summed E-state index contributed by atoms with van der Waals surface area (Å²) in [6.07, 6.45) is 6.84. The number of carbonyl (C=O) groups is 2. The number of carbonyl (C=O) groups excluding carboxylic acids is 2. The number of piperidine rings is 1. The zero-order valence-electron chi connectivity index (χ0n) is 19.1. The van der Waals surface area contributed by atoms with Gasteiger partial charge in [-0.3, -0.25) is 14.6 Å². The van der Waals surface area contributed by atoms with Crippen LogP contribution in [0.5, 0.6) is 0 Å². The van der Waals surface area contributed by atoms with Gasteiger partial charge in [0.25, 0.3) is 5.91 Å². The molecule has 32 heavy (non-hydrogen) atoms. The summed E-state index contributed by atoms with van der Waals surface area (Å²) in [4.78, 5) is 35.4. The van der Waals surface area contributed by atoms with Gasteiger partial charge in [-0.15, -0.1) is 11.3 Å². The van der Waals surface area contributed by atoms with Gasteiger partial charge in [0.2, 0.25) is 0 Å². The first kappa shape index (κ1) is 22.7. The maximum absolute atomic E-state index is 13.4. The van der Waals surface area contributed by atoms with Crippen molar-refractivity contribution in [1.29, 1.82) is 0 Å². The van der Waals surface area contributed by atoms with E-state index < -0.39 is 5.54 Å². The van der Waals surface area contributed by atoms with E-state index in [-0.39, 0.29) is 17.9 Å². The lowest BCUT2D eigenvalue weighted by Crippen LogP contribution is -2.55. The maximum Gasteiger partial charge on any atom is 0.325 e. The van der Waals surface area contributed by atoms with Crippen LogP contribution in [0.15, 0.2) is 33.9 Å². The van der Waals surface area contributed by atoms with Crippen molar-refractivity contribution < 1.29 is 14.0 Å². The summed E-state index contributed by atoms with van der Waals surface area (Å²) in [5, 5.41) is 3.10. The number of aryl methyl sites for hydroxylation is 1. The van der Waals surface area contributed by atoms with Crippen molar-refractivity contribution in [1.82, 2.24) is 20.1 Å². The highest BCUT2D eigenvalue weighted by molar-refractivity contribution is 7.09. The highest BCUT2D eigenvalue weighted by atomic mass is 32.1. The topological polar surface area (TPSA) is 78.7 Å². The minimum absolute atomic E-state index is 0.0560. The predicted octanol–water partition coefficient (Wildman–Crippen LogP) is 4.10. The van der Waals surface area contributed by atoms with Crippen LogP contribution in [0, 0.1) is 12.8 Å². The van der Waals surface area contributed by atoms with Gasteiger partial charge in [0.15, 0.2) is 0 Å². The fraction of sp³-hybridized carbons (Fsp3) is 0.542. The van der Waals surface area contributed by atoms with Gasteiger partial charge in [0.05, 0.1) is 17.5 Å². The molecular formula is C24H32N4O3S. The minimum Gasteiger partial charge on any atom is -0.465 e. The summed E-state index contributed by atoms with van der Waals surface area (Å²) in [5.74, 6) is 0.972. The molecule has 172 valence electrons. The van der Waals surface area contributed by atoms with Crippen molar-refractivity contribution in [3.05, 3.63) is 45.8 Å². The van der Waals surface area contributed by atoms with Crippen molar-refractivity contribution in [2.24, 2.45) is 5.92 Å². The number of hydrogen-bond donors (Lipinski definition) is 1. The van der Waals surface area contributed by atoms with Crippen LogP contribution >= 0.6 is 11.3 Å². The molecule has 2 saturated heterocycles. The molecule has 2 aliphatic rings. The molecule has 1 N–H and O–H groups in total. The van der Waals surface area contributed by atoms with E-state index in [9.17, 15) is 9.59 Å². The van der Waals surface area contributed by atoms with Gasteiger partial charge in [-0.25, -0.2) is 9.78 Å². The Balaban J connectivity index is 1.36. The Labute approximate surface area is 193 Å². The molecule has 4 heterocycles. The molecule has 2 aromatic heterocycles. The average molecular weight is 457 g/mol. The van der Waals surface area contributed by atoms with Crippen LogP contribution in [0.25, 0.3) is 6.08 Å². The summed E-state index contributed by atoms with van der Waals surface area (Å²) in [7, 11) is 0. The van der Waals surface area contributed by atoms with Crippen LogP contribution in [0.4, 0.5) is 4.79 Å². The Bertz CT molecular complexity index is 975. The van der Waals surface area contributed by atoms with Crippen LogP contribution in [0.1, 0.15) is 49.4 Å².